The van der Waals surface area contributed by atoms with Gasteiger partial charge in [0.05, 0.1) is 11.0 Å². The molecule has 4 nitrogen and oxygen atoms in total. The molecule has 0 aromatic carbocycles. The third kappa shape index (κ3) is 2.90. The maximum atomic E-state index is 11.9. The Morgan fingerprint density at radius 1 is 1.50 bits per heavy atom. The molecular weight excluding hydrogens is 248 g/mol. The molecule has 1 aliphatic heterocycles. The van der Waals surface area contributed by atoms with E-state index in [9.17, 15) is 9.00 Å². The molecule has 2 unspecified atom stereocenters. The van der Waals surface area contributed by atoms with Crippen LogP contribution in [-0.4, -0.2) is 32.4 Å². The van der Waals surface area contributed by atoms with E-state index < -0.39 is 11.0 Å². The maximum absolute atomic E-state index is 11.9. The zero-order valence-electron chi connectivity index (χ0n) is 11.0. The van der Waals surface area contributed by atoms with Crippen LogP contribution in [0.15, 0.2) is 23.1 Å². The lowest BCUT2D eigenvalue weighted by molar-refractivity contribution is 0.532. The molecule has 0 saturated carbocycles. The largest absolute Gasteiger partial charge is 0.316 e. The van der Waals surface area contributed by atoms with Gasteiger partial charge in [-0.15, -0.1) is 0 Å². The number of hydrogen-bond donors (Lipinski definition) is 0. The highest BCUT2D eigenvalue weighted by Gasteiger charge is 2.26. The molecular formula is C13H20N2O2S. The fourth-order valence-corrected chi connectivity index (χ4v) is 3.19. The van der Waals surface area contributed by atoms with E-state index in [0.717, 1.165) is 38.0 Å². The first-order valence-electron chi connectivity index (χ1n) is 6.40. The minimum atomic E-state index is -0.898. The lowest BCUT2D eigenvalue weighted by atomic mass is 10.00. The van der Waals surface area contributed by atoms with E-state index >= 15 is 0 Å². The van der Waals surface area contributed by atoms with Crippen molar-refractivity contribution in [3.8, 4) is 0 Å². The summed E-state index contributed by atoms with van der Waals surface area (Å²) in [4.78, 5) is 11.9. The summed E-state index contributed by atoms with van der Waals surface area (Å²) in [5.41, 5.74) is 1.16. The molecule has 0 aliphatic carbocycles. The van der Waals surface area contributed by atoms with Crippen molar-refractivity contribution in [2.75, 3.05) is 19.3 Å². The van der Waals surface area contributed by atoms with Gasteiger partial charge in [-0.05, 0) is 30.4 Å². The summed E-state index contributed by atoms with van der Waals surface area (Å²) in [7, 11) is -0.898. The molecule has 0 amide bonds. The Morgan fingerprint density at radius 2 is 2.28 bits per heavy atom. The van der Waals surface area contributed by atoms with Gasteiger partial charge in [-0.1, -0.05) is 6.92 Å². The monoisotopic (exact) mass is 268 g/mol. The second-order valence-electron chi connectivity index (χ2n) is 4.79. The zero-order chi connectivity index (χ0) is 13.1. The van der Waals surface area contributed by atoms with Crippen molar-refractivity contribution in [3.63, 3.8) is 0 Å². The predicted molar refractivity (Wildman–Crippen MR) is 74.0 cm³/mol. The van der Waals surface area contributed by atoms with Crippen LogP contribution in [0.4, 0.5) is 0 Å². The first-order valence-corrected chi connectivity index (χ1v) is 7.92. The first kappa shape index (κ1) is 13.5. The summed E-state index contributed by atoms with van der Waals surface area (Å²) >= 11 is 0. The summed E-state index contributed by atoms with van der Waals surface area (Å²) in [5.74, 6) is 0.345. The Balaban J connectivity index is 2.13. The fraction of sp³-hybridized carbons (Fsp3) is 0.615. The zero-order valence-corrected chi connectivity index (χ0v) is 11.8. The average molecular weight is 268 g/mol. The Kier molecular flexibility index (Phi) is 4.35. The van der Waals surface area contributed by atoms with Crippen LogP contribution in [0.2, 0.25) is 0 Å². The van der Waals surface area contributed by atoms with Crippen molar-refractivity contribution in [2.45, 2.75) is 32.2 Å². The molecule has 1 aromatic rings. The summed E-state index contributed by atoms with van der Waals surface area (Å²) in [6.45, 7) is 4.48. The third-order valence-electron chi connectivity index (χ3n) is 3.47. The minimum Gasteiger partial charge on any atom is -0.316 e. The smallest absolute Gasteiger partial charge is 0.250 e. The number of aryl methyl sites for hydroxylation is 1. The highest BCUT2D eigenvalue weighted by Crippen LogP contribution is 2.26. The summed E-state index contributed by atoms with van der Waals surface area (Å²) in [5, 5.41) is 0. The topological polar surface area (TPSA) is 42.3 Å². The van der Waals surface area contributed by atoms with Crippen LogP contribution < -0.4 is 5.56 Å². The van der Waals surface area contributed by atoms with E-state index in [1.54, 1.807) is 16.9 Å². The Morgan fingerprint density at radius 3 is 2.83 bits per heavy atom. The number of rotatable bonds is 4. The molecule has 2 rings (SSSR count). The Bertz CT molecular complexity index is 498. The van der Waals surface area contributed by atoms with Crippen LogP contribution in [-0.2, 0) is 17.5 Å². The highest BCUT2D eigenvalue weighted by atomic mass is 32.2. The molecule has 0 radical (unpaired) electrons. The van der Waals surface area contributed by atoms with Crippen LogP contribution in [0.1, 0.15) is 31.2 Å². The normalized spacial score (nSPS) is 22.2. The molecule has 0 spiro atoms. The van der Waals surface area contributed by atoms with Crippen molar-refractivity contribution in [1.29, 1.82) is 0 Å². The first-order chi connectivity index (χ1) is 8.61. The van der Waals surface area contributed by atoms with Gasteiger partial charge < -0.3 is 4.57 Å². The minimum absolute atomic E-state index is 0.0745. The summed E-state index contributed by atoms with van der Waals surface area (Å²) in [6, 6.07) is 3.77. The average Bonchev–Trinajstić information content (AvgIpc) is 2.81. The molecule has 1 fully saturated rings. The Labute approximate surface area is 110 Å². The SMILES string of the molecule is CCCn1ccc(C2CCN(S(C)=O)C2)cc1=O. The van der Waals surface area contributed by atoms with Gasteiger partial charge in [-0.25, -0.2) is 8.51 Å². The lowest BCUT2D eigenvalue weighted by Crippen LogP contribution is -2.23. The van der Waals surface area contributed by atoms with E-state index in [1.807, 2.05) is 16.6 Å². The van der Waals surface area contributed by atoms with Gasteiger partial charge >= 0.3 is 0 Å². The van der Waals surface area contributed by atoms with E-state index in [0.29, 0.717) is 5.92 Å². The second-order valence-corrected chi connectivity index (χ2v) is 6.15. The second kappa shape index (κ2) is 5.80. The third-order valence-corrected chi connectivity index (χ3v) is 4.53. The van der Waals surface area contributed by atoms with Gasteiger partial charge in [0.15, 0.2) is 0 Å². The van der Waals surface area contributed by atoms with Gasteiger partial charge in [0.2, 0.25) is 0 Å². The molecule has 0 bridgehead atoms. The quantitative estimate of drug-likeness (QED) is 0.827. The van der Waals surface area contributed by atoms with E-state index in [-0.39, 0.29) is 5.56 Å². The van der Waals surface area contributed by atoms with Gasteiger partial charge in [0.1, 0.15) is 0 Å². The molecule has 100 valence electrons. The Hall–Kier alpha value is -0.940. The highest BCUT2D eigenvalue weighted by molar-refractivity contribution is 7.81. The van der Waals surface area contributed by atoms with Gasteiger partial charge in [-0.2, -0.15) is 0 Å². The molecule has 5 heteroatoms. The van der Waals surface area contributed by atoms with Crippen LogP contribution >= 0.6 is 0 Å². The van der Waals surface area contributed by atoms with Crippen LogP contribution in [0.25, 0.3) is 0 Å². The van der Waals surface area contributed by atoms with Gasteiger partial charge in [0.25, 0.3) is 5.56 Å². The molecule has 1 saturated heterocycles. The number of nitrogens with zero attached hydrogens (tertiary/aromatic N) is 2. The van der Waals surface area contributed by atoms with Crippen LogP contribution in [0.3, 0.4) is 0 Å². The fourth-order valence-electron chi connectivity index (χ4n) is 2.44. The van der Waals surface area contributed by atoms with Crippen molar-refractivity contribution < 1.29 is 4.21 Å². The summed E-state index contributed by atoms with van der Waals surface area (Å²) < 4.78 is 15.1. The molecule has 0 N–H and O–H groups in total. The number of pyridine rings is 1. The van der Waals surface area contributed by atoms with Gasteiger partial charge in [0, 0.05) is 38.2 Å². The predicted octanol–water partition coefficient (Wildman–Crippen LogP) is 1.34. The maximum Gasteiger partial charge on any atom is 0.250 e. The van der Waals surface area contributed by atoms with Crippen molar-refractivity contribution in [3.05, 3.63) is 34.2 Å². The molecule has 18 heavy (non-hydrogen) atoms. The lowest BCUT2D eigenvalue weighted by Gasteiger charge is -2.13. The van der Waals surface area contributed by atoms with Crippen molar-refractivity contribution in [2.24, 2.45) is 0 Å². The van der Waals surface area contributed by atoms with E-state index in [1.165, 1.54) is 0 Å². The van der Waals surface area contributed by atoms with Crippen molar-refractivity contribution in [1.82, 2.24) is 8.87 Å². The number of hydrogen-bond acceptors (Lipinski definition) is 2. The van der Waals surface area contributed by atoms with Crippen LogP contribution in [0, 0.1) is 0 Å². The van der Waals surface area contributed by atoms with E-state index in [2.05, 4.69) is 6.92 Å². The standard InChI is InChI=1S/C13H20N2O2S/c1-3-6-14-7-4-11(9-13(14)16)12-5-8-15(10-12)18(2)17/h4,7,9,12H,3,5-6,8,10H2,1-2H3. The van der Waals surface area contributed by atoms with Crippen molar-refractivity contribution >= 4 is 11.0 Å². The number of aromatic nitrogens is 1. The van der Waals surface area contributed by atoms with E-state index in [4.69, 9.17) is 0 Å². The van der Waals surface area contributed by atoms with Gasteiger partial charge in [-0.3, -0.25) is 4.79 Å². The molecule has 2 heterocycles. The summed E-state index contributed by atoms with van der Waals surface area (Å²) in [6.07, 6.45) is 5.54. The molecule has 1 aromatic heterocycles. The molecule has 1 aliphatic rings. The molecule has 2 atom stereocenters. The van der Waals surface area contributed by atoms with Crippen LogP contribution in [0.5, 0.6) is 0 Å².